The number of carbonyl (C=O) groups is 2. The quantitative estimate of drug-likeness (QED) is 0.390. The van der Waals surface area contributed by atoms with Crippen LogP contribution in [0.25, 0.3) is 21.5 Å². The van der Waals surface area contributed by atoms with Crippen molar-refractivity contribution in [3.63, 3.8) is 0 Å². The number of hydrogen-bond acceptors (Lipinski definition) is 8. The van der Waals surface area contributed by atoms with E-state index in [-0.39, 0.29) is 17.6 Å². The van der Waals surface area contributed by atoms with Gasteiger partial charge in [-0.25, -0.2) is 4.98 Å². The molecule has 0 radical (unpaired) electrons. The Kier molecular flexibility index (Phi) is 6.58. The van der Waals surface area contributed by atoms with Gasteiger partial charge in [0.05, 0.1) is 11.4 Å². The zero-order chi connectivity index (χ0) is 22.8. The highest BCUT2D eigenvalue weighted by Crippen LogP contribution is 2.34. The molecule has 0 saturated heterocycles. The van der Waals surface area contributed by atoms with E-state index in [1.54, 1.807) is 32.4 Å². The maximum Gasteiger partial charge on any atom is 0.265 e. The number of amides is 2. The summed E-state index contributed by atoms with van der Waals surface area (Å²) in [6.07, 6.45) is 0. The maximum absolute atomic E-state index is 12.5. The Bertz CT molecular complexity index is 1290. The molecule has 0 fully saturated rings. The first-order valence-corrected chi connectivity index (χ1v) is 12.6. The number of aryl methyl sites for hydroxylation is 1. The number of thiophene rings is 1. The van der Waals surface area contributed by atoms with Crippen molar-refractivity contribution in [1.82, 2.24) is 24.6 Å². The molecule has 8 nitrogen and oxygen atoms in total. The van der Waals surface area contributed by atoms with Crippen LogP contribution >= 0.6 is 34.4 Å². The number of fused-ring (bicyclic) bond motifs is 1. The highest BCUT2D eigenvalue weighted by Gasteiger charge is 2.20. The molecule has 32 heavy (non-hydrogen) atoms. The number of benzene rings is 1. The van der Waals surface area contributed by atoms with Crippen molar-refractivity contribution in [3.05, 3.63) is 40.2 Å². The molecular formula is C21H22N6O2S3. The minimum absolute atomic E-state index is 0.126. The van der Waals surface area contributed by atoms with Crippen molar-refractivity contribution in [2.75, 3.05) is 25.2 Å². The van der Waals surface area contributed by atoms with E-state index >= 15 is 0 Å². The van der Waals surface area contributed by atoms with Gasteiger partial charge in [0.1, 0.15) is 4.88 Å². The minimum atomic E-state index is -0.208. The summed E-state index contributed by atoms with van der Waals surface area (Å²) in [4.78, 5) is 31.0. The summed E-state index contributed by atoms with van der Waals surface area (Å²) in [5.41, 5.74) is 1.66. The smallest absolute Gasteiger partial charge is 0.265 e. The van der Waals surface area contributed by atoms with E-state index < -0.39 is 0 Å². The summed E-state index contributed by atoms with van der Waals surface area (Å²) in [5.74, 6) is 0.633. The van der Waals surface area contributed by atoms with Gasteiger partial charge in [-0.15, -0.1) is 21.5 Å². The number of rotatable bonds is 7. The minimum Gasteiger partial charge on any atom is -0.344 e. The third-order valence-corrected chi connectivity index (χ3v) is 7.72. The third-order valence-electron chi connectivity index (χ3n) is 4.73. The molecule has 4 aromatic rings. The molecule has 0 aliphatic carbocycles. The lowest BCUT2D eigenvalue weighted by molar-refractivity contribution is -0.113. The average molecular weight is 487 g/mol. The Hall–Kier alpha value is -2.76. The number of anilines is 1. The van der Waals surface area contributed by atoms with Gasteiger partial charge in [-0.3, -0.25) is 9.59 Å². The SMILES string of the molecule is CCn1c(SCC(=O)Nc2nc(C)c(C(=O)N(C)C)s2)nnc1-c1csc2ccccc12. The summed E-state index contributed by atoms with van der Waals surface area (Å²) >= 11 is 4.19. The van der Waals surface area contributed by atoms with Gasteiger partial charge < -0.3 is 14.8 Å². The van der Waals surface area contributed by atoms with Crippen LogP contribution in [0.3, 0.4) is 0 Å². The van der Waals surface area contributed by atoms with Gasteiger partial charge in [0.2, 0.25) is 5.91 Å². The Morgan fingerprint density at radius 1 is 1.22 bits per heavy atom. The van der Waals surface area contributed by atoms with Crippen molar-refractivity contribution in [2.45, 2.75) is 25.5 Å². The highest BCUT2D eigenvalue weighted by molar-refractivity contribution is 7.99. The van der Waals surface area contributed by atoms with Gasteiger partial charge in [-0.2, -0.15) is 0 Å². The highest BCUT2D eigenvalue weighted by atomic mass is 32.2. The van der Waals surface area contributed by atoms with Crippen molar-refractivity contribution in [2.24, 2.45) is 0 Å². The van der Waals surface area contributed by atoms with Crippen LogP contribution in [0.4, 0.5) is 5.13 Å². The molecule has 0 bridgehead atoms. The zero-order valence-electron chi connectivity index (χ0n) is 18.1. The molecule has 0 saturated carbocycles. The molecule has 3 aromatic heterocycles. The molecule has 0 aliphatic rings. The number of hydrogen-bond donors (Lipinski definition) is 1. The fourth-order valence-corrected chi connectivity index (χ4v) is 5.91. The van der Waals surface area contributed by atoms with Crippen molar-refractivity contribution in [1.29, 1.82) is 0 Å². The standard InChI is InChI=1S/C21H22N6O2S3/c1-5-27-18(14-10-30-15-9-7-6-8-13(14)15)24-25-21(27)31-11-16(28)23-20-22-12(2)17(32-20)19(29)26(3)4/h6-10H,5,11H2,1-4H3,(H,22,23,28). The number of carbonyl (C=O) groups excluding carboxylic acids is 2. The van der Waals surface area contributed by atoms with Crippen LogP contribution in [0.15, 0.2) is 34.8 Å². The largest absolute Gasteiger partial charge is 0.344 e. The molecule has 2 amide bonds. The molecule has 0 spiro atoms. The second kappa shape index (κ2) is 9.39. The topological polar surface area (TPSA) is 93.0 Å². The number of thiazole rings is 1. The summed E-state index contributed by atoms with van der Waals surface area (Å²) in [6.45, 7) is 4.49. The van der Waals surface area contributed by atoms with Crippen LogP contribution in [-0.2, 0) is 11.3 Å². The number of nitrogens with one attached hydrogen (secondary N) is 1. The Morgan fingerprint density at radius 2 is 2.00 bits per heavy atom. The molecule has 1 aromatic carbocycles. The van der Waals surface area contributed by atoms with Crippen LogP contribution in [0.5, 0.6) is 0 Å². The van der Waals surface area contributed by atoms with Crippen molar-refractivity contribution >= 4 is 61.5 Å². The van der Waals surface area contributed by atoms with Gasteiger partial charge in [0, 0.05) is 41.7 Å². The monoisotopic (exact) mass is 486 g/mol. The lowest BCUT2D eigenvalue weighted by Gasteiger charge is -2.07. The van der Waals surface area contributed by atoms with Crippen molar-refractivity contribution in [3.8, 4) is 11.4 Å². The van der Waals surface area contributed by atoms with Crippen LogP contribution in [0, 0.1) is 6.92 Å². The van der Waals surface area contributed by atoms with Gasteiger partial charge in [-0.1, -0.05) is 41.3 Å². The van der Waals surface area contributed by atoms with E-state index in [1.807, 2.05) is 23.6 Å². The van der Waals surface area contributed by atoms with Gasteiger partial charge in [0.25, 0.3) is 5.91 Å². The molecule has 1 N–H and O–H groups in total. The van der Waals surface area contributed by atoms with E-state index in [9.17, 15) is 9.59 Å². The molecular weight excluding hydrogens is 464 g/mol. The fraction of sp³-hybridized carbons (Fsp3) is 0.286. The molecule has 0 atom stereocenters. The Balaban J connectivity index is 1.46. The lowest BCUT2D eigenvalue weighted by atomic mass is 10.1. The van der Waals surface area contributed by atoms with E-state index in [0.717, 1.165) is 16.8 Å². The molecule has 0 aliphatic heterocycles. The summed E-state index contributed by atoms with van der Waals surface area (Å²) < 4.78 is 3.22. The van der Waals surface area contributed by atoms with Gasteiger partial charge >= 0.3 is 0 Å². The Labute approximate surface area is 197 Å². The van der Waals surface area contributed by atoms with E-state index in [4.69, 9.17) is 0 Å². The zero-order valence-corrected chi connectivity index (χ0v) is 20.5. The number of nitrogens with zero attached hydrogens (tertiary/aromatic N) is 5. The summed E-state index contributed by atoms with van der Waals surface area (Å²) in [7, 11) is 3.38. The van der Waals surface area contributed by atoms with Crippen LogP contribution in [-0.4, -0.2) is 56.3 Å². The number of thioether (sulfide) groups is 1. The van der Waals surface area contributed by atoms with E-state index in [1.165, 1.54) is 32.7 Å². The first-order chi connectivity index (χ1) is 15.4. The lowest BCUT2D eigenvalue weighted by Crippen LogP contribution is -2.21. The second-order valence-corrected chi connectivity index (χ2v) is 10.0. The van der Waals surface area contributed by atoms with E-state index in [2.05, 4.69) is 38.0 Å². The molecule has 11 heteroatoms. The normalized spacial score (nSPS) is 11.1. The average Bonchev–Trinajstić information content (AvgIpc) is 3.47. The fourth-order valence-electron chi connectivity index (χ4n) is 3.17. The molecule has 3 heterocycles. The second-order valence-electron chi connectivity index (χ2n) is 7.17. The van der Waals surface area contributed by atoms with Gasteiger partial charge in [0.15, 0.2) is 16.1 Å². The predicted octanol–water partition coefficient (Wildman–Crippen LogP) is 4.38. The first-order valence-electron chi connectivity index (χ1n) is 9.90. The van der Waals surface area contributed by atoms with E-state index in [0.29, 0.717) is 27.4 Å². The van der Waals surface area contributed by atoms with Crippen LogP contribution in [0.2, 0.25) is 0 Å². The van der Waals surface area contributed by atoms with Crippen molar-refractivity contribution < 1.29 is 9.59 Å². The maximum atomic E-state index is 12.5. The first kappa shape index (κ1) is 22.4. The summed E-state index contributed by atoms with van der Waals surface area (Å²) in [6, 6.07) is 8.22. The molecule has 4 rings (SSSR count). The Morgan fingerprint density at radius 3 is 2.75 bits per heavy atom. The number of aromatic nitrogens is 4. The van der Waals surface area contributed by atoms with Crippen LogP contribution in [0.1, 0.15) is 22.3 Å². The third kappa shape index (κ3) is 4.41. The molecule has 0 unspecified atom stereocenters. The predicted molar refractivity (Wildman–Crippen MR) is 131 cm³/mol. The van der Waals surface area contributed by atoms with Gasteiger partial charge in [-0.05, 0) is 19.9 Å². The van der Waals surface area contributed by atoms with Crippen LogP contribution < -0.4 is 5.32 Å². The summed E-state index contributed by atoms with van der Waals surface area (Å²) in [5, 5.41) is 15.9. The molecule has 166 valence electrons.